The molecule has 0 saturated heterocycles. The van der Waals surface area contributed by atoms with Crippen LogP contribution in [-0.2, 0) is 9.47 Å². The maximum absolute atomic E-state index is 5.40. The van der Waals surface area contributed by atoms with Crippen LogP contribution in [0.15, 0.2) is 24.3 Å². The van der Waals surface area contributed by atoms with Crippen molar-refractivity contribution in [1.29, 1.82) is 0 Å². The van der Waals surface area contributed by atoms with E-state index in [4.69, 9.17) is 9.47 Å². The third kappa shape index (κ3) is 5.94. The number of anilines is 2. The minimum absolute atomic E-state index is 0.651. The average molecular weight is 266 g/mol. The average Bonchev–Trinajstić information content (AvgIpc) is 2.45. The van der Waals surface area contributed by atoms with Gasteiger partial charge in [-0.1, -0.05) is 0 Å². The standard InChI is InChI=1S/C15H26N2O2/c1-4-17(5-2)15-8-6-14(7-9-15)16-10-11-19-13-12-18-3/h6-9,16H,4-5,10-13H2,1-3H3. The van der Waals surface area contributed by atoms with Crippen LogP contribution < -0.4 is 10.2 Å². The van der Waals surface area contributed by atoms with Gasteiger partial charge >= 0.3 is 0 Å². The Bertz CT molecular complexity index is 323. The Morgan fingerprint density at radius 1 is 1.00 bits per heavy atom. The van der Waals surface area contributed by atoms with Crippen LogP contribution in [0.1, 0.15) is 13.8 Å². The fraction of sp³-hybridized carbons (Fsp3) is 0.600. The lowest BCUT2D eigenvalue weighted by atomic mass is 10.2. The van der Waals surface area contributed by atoms with Crippen LogP contribution in [0.5, 0.6) is 0 Å². The van der Waals surface area contributed by atoms with Crippen molar-refractivity contribution in [1.82, 2.24) is 0 Å². The fourth-order valence-electron chi connectivity index (χ4n) is 1.89. The second kappa shape index (κ2) is 9.64. The van der Waals surface area contributed by atoms with Crippen LogP contribution in [0.25, 0.3) is 0 Å². The molecule has 19 heavy (non-hydrogen) atoms. The Morgan fingerprint density at radius 2 is 1.68 bits per heavy atom. The van der Waals surface area contributed by atoms with Crippen molar-refractivity contribution in [3.05, 3.63) is 24.3 Å². The topological polar surface area (TPSA) is 33.7 Å². The lowest BCUT2D eigenvalue weighted by Gasteiger charge is -2.21. The molecule has 0 radical (unpaired) electrons. The fourth-order valence-corrected chi connectivity index (χ4v) is 1.89. The number of hydrogen-bond acceptors (Lipinski definition) is 4. The van der Waals surface area contributed by atoms with Crippen molar-refractivity contribution in [3.8, 4) is 0 Å². The van der Waals surface area contributed by atoms with Crippen LogP contribution >= 0.6 is 0 Å². The smallest absolute Gasteiger partial charge is 0.0701 e. The zero-order valence-corrected chi connectivity index (χ0v) is 12.3. The summed E-state index contributed by atoms with van der Waals surface area (Å²) in [5.74, 6) is 0. The van der Waals surface area contributed by atoms with Gasteiger partial charge in [-0.05, 0) is 38.1 Å². The van der Waals surface area contributed by atoms with Gasteiger partial charge in [0.1, 0.15) is 0 Å². The summed E-state index contributed by atoms with van der Waals surface area (Å²) >= 11 is 0. The molecule has 1 aromatic rings. The van der Waals surface area contributed by atoms with Crippen LogP contribution in [0.4, 0.5) is 11.4 Å². The van der Waals surface area contributed by atoms with E-state index in [2.05, 4.69) is 48.3 Å². The minimum atomic E-state index is 0.651. The molecule has 1 N–H and O–H groups in total. The maximum Gasteiger partial charge on any atom is 0.0701 e. The largest absolute Gasteiger partial charge is 0.383 e. The van der Waals surface area contributed by atoms with Crippen molar-refractivity contribution in [2.75, 3.05) is 56.8 Å². The number of nitrogens with zero attached hydrogens (tertiary/aromatic N) is 1. The molecule has 0 unspecified atom stereocenters. The van der Waals surface area contributed by atoms with Gasteiger partial charge in [-0.15, -0.1) is 0 Å². The molecule has 0 saturated carbocycles. The first-order valence-corrected chi connectivity index (χ1v) is 6.97. The summed E-state index contributed by atoms with van der Waals surface area (Å²) < 4.78 is 10.3. The summed E-state index contributed by atoms with van der Waals surface area (Å²) in [4.78, 5) is 2.33. The zero-order valence-electron chi connectivity index (χ0n) is 12.3. The van der Waals surface area contributed by atoms with Crippen LogP contribution in [0.2, 0.25) is 0 Å². The number of rotatable bonds is 10. The monoisotopic (exact) mass is 266 g/mol. The van der Waals surface area contributed by atoms with Crippen molar-refractivity contribution >= 4 is 11.4 Å². The Hall–Kier alpha value is -1.26. The van der Waals surface area contributed by atoms with E-state index in [1.807, 2.05) is 0 Å². The van der Waals surface area contributed by atoms with E-state index < -0.39 is 0 Å². The lowest BCUT2D eigenvalue weighted by molar-refractivity contribution is 0.0759. The molecule has 1 aromatic carbocycles. The second-order valence-electron chi connectivity index (χ2n) is 4.25. The molecule has 0 amide bonds. The molecule has 0 aromatic heterocycles. The number of ether oxygens (including phenoxy) is 2. The molecule has 0 aliphatic carbocycles. The SMILES string of the molecule is CCN(CC)c1ccc(NCCOCCOC)cc1. The molecule has 0 bridgehead atoms. The van der Waals surface area contributed by atoms with E-state index in [1.54, 1.807) is 7.11 Å². The van der Waals surface area contributed by atoms with E-state index in [-0.39, 0.29) is 0 Å². The molecule has 0 fully saturated rings. The van der Waals surface area contributed by atoms with Crippen molar-refractivity contribution in [2.24, 2.45) is 0 Å². The van der Waals surface area contributed by atoms with Crippen LogP contribution in [-0.4, -0.2) is 46.6 Å². The number of nitrogens with one attached hydrogen (secondary N) is 1. The van der Waals surface area contributed by atoms with Gasteiger partial charge in [-0.2, -0.15) is 0 Å². The van der Waals surface area contributed by atoms with Crippen LogP contribution in [0.3, 0.4) is 0 Å². The van der Waals surface area contributed by atoms with Gasteiger partial charge < -0.3 is 19.7 Å². The Balaban J connectivity index is 2.28. The normalized spacial score (nSPS) is 10.5. The van der Waals surface area contributed by atoms with E-state index in [9.17, 15) is 0 Å². The highest BCUT2D eigenvalue weighted by molar-refractivity contribution is 5.54. The molecular formula is C15H26N2O2. The minimum Gasteiger partial charge on any atom is -0.383 e. The molecule has 0 aliphatic rings. The first-order chi connectivity index (χ1) is 9.31. The van der Waals surface area contributed by atoms with Gasteiger partial charge in [0, 0.05) is 38.1 Å². The Labute approximate surface area is 116 Å². The van der Waals surface area contributed by atoms with Crippen molar-refractivity contribution in [2.45, 2.75) is 13.8 Å². The van der Waals surface area contributed by atoms with E-state index in [1.165, 1.54) is 5.69 Å². The van der Waals surface area contributed by atoms with Crippen molar-refractivity contribution in [3.63, 3.8) is 0 Å². The quantitative estimate of drug-likeness (QED) is 0.660. The zero-order chi connectivity index (χ0) is 13.9. The van der Waals surface area contributed by atoms with E-state index in [0.717, 1.165) is 25.3 Å². The molecule has 1 rings (SSSR count). The third-order valence-corrected chi connectivity index (χ3v) is 3.00. The molecule has 4 nitrogen and oxygen atoms in total. The number of hydrogen-bond donors (Lipinski definition) is 1. The molecule has 108 valence electrons. The van der Waals surface area contributed by atoms with Crippen LogP contribution in [0, 0.1) is 0 Å². The lowest BCUT2D eigenvalue weighted by Crippen LogP contribution is -2.21. The van der Waals surface area contributed by atoms with Gasteiger partial charge in [0.25, 0.3) is 0 Å². The maximum atomic E-state index is 5.40. The van der Waals surface area contributed by atoms with E-state index in [0.29, 0.717) is 19.8 Å². The summed E-state index contributed by atoms with van der Waals surface area (Å²) in [6.45, 7) is 9.24. The highest BCUT2D eigenvalue weighted by atomic mass is 16.5. The van der Waals surface area contributed by atoms with Gasteiger partial charge in [-0.25, -0.2) is 0 Å². The highest BCUT2D eigenvalue weighted by Gasteiger charge is 2.00. The van der Waals surface area contributed by atoms with Crippen molar-refractivity contribution < 1.29 is 9.47 Å². The van der Waals surface area contributed by atoms with Gasteiger partial charge in [0.15, 0.2) is 0 Å². The molecule has 0 spiro atoms. The Kier molecular flexibility index (Phi) is 8.02. The van der Waals surface area contributed by atoms with Gasteiger partial charge in [0.2, 0.25) is 0 Å². The first-order valence-electron chi connectivity index (χ1n) is 6.97. The molecular weight excluding hydrogens is 240 g/mol. The van der Waals surface area contributed by atoms with Gasteiger partial charge in [0.05, 0.1) is 19.8 Å². The highest BCUT2D eigenvalue weighted by Crippen LogP contribution is 2.17. The van der Waals surface area contributed by atoms with E-state index >= 15 is 0 Å². The predicted octanol–water partition coefficient (Wildman–Crippen LogP) is 2.61. The summed E-state index contributed by atoms with van der Waals surface area (Å²) in [5, 5.41) is 3.34. The second-order valence-corrected chi connectivity index (χ2v) is 4.25. The molecule has 0 heterocycles. The summed E-state index contributed by atoms with van der Waals surface area (Å²) in [6.07, 6.45) is 0. The number of benzene rings is 1. The number of methoxy groups -OCH3 is 1. The molecule has 4 heteroatoms. The Morgan fingerprint density at radius 3 is 2.26 bits per heavy atom. The summed E-state index contributed by atoms with van der Waals surface area (Å²) in [6, 6.07) is 8.54. The third-order valence-electron chi connectivity index (χ3n) is 3.00. The van der Waals surface area contributed by atoms with Gasteiger partial charge in [-0.3, -0.25) is 0 Å². The molecule has 0 atom stereocenters. The molecule has 0 aliphatic heterocycles. The summed E-state index contributed by atoms with van der Waals surface area (Å²) in [7, 11) is 1.68. The predicted molar refractivity (Wildman–Crippen MR) is 81.2 cm³/mol. The summed E-state index contributed by atoms with van der Waals surface area (Å²) in [5.41, 5.74) is 2.40. The first kappa shape index (κ1) is 15.8.